The summed E-state index contributed by atoms with van der Waals surface area (Å²) in [7, 11) is 1.43. The molecule has 0 saturated heterocycles. The highest BCUT2D eigenvalue weighted by atomic mass is 16.5. The lowest BCUT2D eigenvalue weighted by Gasteiger charge is -2.16. The number of benzene rings is 1. The first-order valence-corrected chi connectivity index (χ1v) is 5.50. The number of anilines is 1. The number of carbonyl (C=O) groups excluding carboxylic acids is 2. The molecular formula is C12H17N3O3. The number of hydrogen-bond acceptors (Lipinski definition) is 4. The molecule has 1 unspecified atom stereocenters. The van der Waals surface area contributed by atoms with Crippen LogP contribution < -0.4 is 21.1 Å². The van der Waals surface area contributed by atoms with Crippen molar-refractivity contribution in [2.75, 3.05) is 12.8 Å². The number of nitrogens with two attached hydrogens (primary N) is 1. The van der Waals surface area contributed by atoms with E-state index >= 15 is 0 Å². The molecule has 0 aliphatic carbocycles. The Bertz CT molecular complexity index is 460. The average molecular weight is 251 g/mol. The van der Waals surface area contributed by atoms with Crippen molar-refractivity contribution in [2.24, 2.45) is 0 Å². The van der Waals surface area contributed by atoms with E-state index in [4.69, 9.17) is 10.5 Å². The number of urea groups is 1. The first-order valence-electron chi connectivity index (χ1n) is 5.50. The molecule has 3 amide bonds. The van der Waals surface area contributed by atoms with E-state index in [1.165, 1.54) is 7.05 Å². The van der Waals surface area contributed by atoms with Gasteiger partial charge in [0, 0.05) is 18.3 Å². The highest BCUT2D eigenvalue weighted by Gasteiger charge is 2.17. The van der Waals surface area contributed by atoms with Gasteiger partial charge in [0.2, 0.25) is 0 Å². The van der Waals surface area contributed by atoms with Gasteiger partial charge in [-0.2, -0.15) is 0 Å². The van der Waals surface area contributed by atoms with Gasteiger partial charge in [-0.1, -0.05) is 6.07 Å². The van der Waals surface area contributed by atoms with Gasteiger partial charge in [0.25, 0.3) is 5.91 Å². The Morgan fingerprint density at radius 3 is 2.67 bits per heavy atom. The van der Waals surface area contributed by atoms with Gasteiger partial charge >= 0.3 is 6.03 Å². The molecule has 6 heteroatoms. The van der Waals surface area contributed by atoms with Crippen molar-refractivity contribution in [1.82, 2.24) is 10.6 Å². The van der Waals surface area contributed by atoms with Crippen LogP contribution in [-0.4, -0.2) is 25.1 Å². The SMILES string of the molecule is CNC(=O)NC(=O)C(C)Oc1cccc(N)c1C. The molecule has 0 heterocycles. The van der Waals surface area contributed by atoms with E-state index in [1.54, 1.807) is 32.0 Å². The van der Waals surface area contributed by atoms with Gasteiger partial charge in [-0.15, -0.1) is 0 Å². The number of rotatable bonds is 3. The zero-order chi connectivity index (χ0) is 13.7. The zero-order valence-electron chi connectivity index (χ0n) is 10.6. The molecule has 6 nitrogen and oxygen atoms in total. The van der Waals surface area contributed by atoms with Crippen LogP contribution in [0.1, 0.15) is 12.5 Å². The molecule has 0 bridgehead atoms. The maximum Gasteiger partial charge on any atom is 0.321 e. The van der Waals surface area contributed by atoms with Crippen LogP contribution in [0.2, 0.25) is 0 Å². The van der Waals surface area contributed by atoms with Crippen molar-refractivity contribution in [3.05, 3.63) is 23.8 Å². The van der Waals surface area contributed by atoms with Gasteiger partial charge in [-0.25, -0.2) is 4.79 Å². The first kappa shape index (κ1) is 13.8. The van der Waals surface area contributed by atoms with Crippen LogP contribution in [0.5, 0.6) is 5.75 Å². The van der Waals surface area contributed by atoms with E-state index < -0.39 is 18.0 Å². The number of ether oxygens (including phenoxy) is 1. The molecule has 18 heavy (non-hydrogen) atoms. The predicted octanol–water partition coefficient (Wildman–Crippen LogP) is 0.800. The van der Waals surface area contributed by atoms with E-state index in [1.807, 2.05) is 0 Å². The summed E-state index contributed by atoms with van der Waals surface area (Å²) in [5.74, 6) is 0.00531. The van der Waals surface area contributed by atoms with Gasteiger partial charge in [0.1, 0.15) is 5.75 Å². The smallest absolute Gasteiger partial charge is 0.321 e. The third-order valence-corrected chi connectivity index (χ3v) is 2.46. The fourth-order valence-electron chi connectivity index (χ4n) is 1.28. The Morgan fingerprint density at radius 2 is 2.06 bits per heavy atom. The number of nitrogens with one attached hydrogen (secondary N) is 2. The second kappa shape index (κ2) is 5.90. The Morgan fingerprint density at radius 1 is 1.39 bits per heavy atom. The van der Waals surface area contributed by atoms with Gasteiger partial charge in [-0.3, -0.25) is 10.1 Å². The van der Waals surface area contributed by atoms with Gasteiger partial charge in [0.05, 0.1) is 0 Å². The second-order valence-corrected chi connectivity index (χ2v) is 3.80. The van der Waals surface area contributed by atoms with E-state index in [9.17, 15) is 9.59 Å². The number of amides is 3. The molecule has 1 rings (SSSR count). The molecule has 98 valence electrons. The number of nitrogen functional groups attached to an aromatic ring is 1. The molecule has 0 saturated carbocycles. The van der Waals surface area contributed by atoms with E-state index in [-0.39, 0.29) is 0 Å². The molecular weight excluding hydrogens is 234 g/mol. The molecule has 0 aliphatic heterocycles. The predicted molar refractivity (Wildman–Crippen MR) is 68.3 cm³/mol. The van der Waals surface area contributed by atoms with Crippen LogP contribution in [0, 0.1) is 6.92 Å². The summed E-state index contributed by atoms with van der Waals surface area (Å²) in [5.41, 5.74) is 7.08. The summed E-state index contributed by atoms with van der Waals surface area (Å²) in [5, 5.41) is 4.43. The van der Waals surface area contributed by atoms with E-state index in [0.717, 1.165) is 5.56 Å². The van der Waals surface area contributed by atoms with Crippen LogP contribution in [0.15, 0.2) is 18.2 Å². The summed E-state index contributed by atoms with van der Waals surface area (Å²) in [6.45, 7) is 3.36. The van der Waals surface area contributed by atoms with Crippen LogP contribution in [0.3, 0.4) is 0 Å². The summed E-state index contributed by atoms with van der Waals surface area (Å²) in [6, 6.07) is 4.63. The quantitative estimate of drug-likeness (QED) is 0.693. The Hall–Kier alpha value is -2.24. The summed E-state index contributed by atoms with van der Waals surface area (Å²) in [6.07, 6.45) is -0.789. The molecule has 0 fully saturated rings. The van der Waals surface area contributed by atoms with Gasteiger partial charge in [0.15, 0.2) is 6.10 Å². The first-order chi connectivity index (χ1) is 8.45. The van der Waals surface area contributed by atoms with Crippen molar-refractivity contribution in [2.45, 2.75) is 20.0 Å². The monoisotopic (exact) mass is 251 g/mol. The lowest BCUT2D eigenvalue weighted by Crippen LogP contribution is -2.44. The highest BCUT2D eigenvalue weighted by Crippen LogP contribution is 2.23. The topological polar surface area (TPSA) is 93.5 Å². The van der Waals surface area contributed by atoms with Crippen molar-refractivity contribution in [1.29, 1.82) is 0 Å². The van der Waals surface area contributed by atoms with Crippen molar-refractivity contribution >= 4 is 17.6 Å². The molecule has 0 spiro atoms. The van der Waals surface area contributed by atoms with Crippen LogP contribution in [0.25, 0.3) is 0 Å². The molecule has 1 aromatic rings. The number of hydrogen-bond donors (Lipinski definition) is 3. The Labute approximate surface area is 105 Å². The van der Waals surface area contributed by atoms with E-state index in [2.05, 4.69) is 10.6 Å². The minimum Gasteiger partial charge on any atom is -0.481 e. The number of carbonyl (C=O) groups is 2. The highest BCUT2D eigenvalue weighted by molar-refractivity contribution is 5.96. The molecule has 1 atom stereocenters. The molecule has 0 aromatic heterocycles. The Kier molecular flexibility index (Phi) is 4.53. The zero-order valence-corrected chi connectivity index (χ0v) is 10.6. The fraction of sp³-hybridized carbons (Fsp3) is 0.333. The minimum absolute atomic E-state index is 0.517. The molecule has 0 aliphatic rings. The summed E-state index contributed by atoms with van der Waals surface area (Å²) < 4.78 is 5.46. The maximum absolute atomic E-state index is 11.6. The summed E-state index contributed by atoms with van der Waals surface area (Å²) in [4.78, 5) is 22.6. The van der Waals surface area contributed by atoms with E-state index in [0.29, 0.717) is 11.4 Å². The average Bonchev–Trinajstić information content (AvgIpc) is 2.34. The van der Waals surface area contributed by atoms with Crippen LogP contribution in [-0.2, 0) is 4.79 Å². The third-order valence-electron chi connectivity index (χ3n) is 2.46. The lowest BCUT2D eigenvalue weighted by molar-refractivity contribution is -0.126. The maximum atomic E-state index is 11.6. The summed E-state index contributed by atoms with van der Waals surface area (Å²) >= 11 is 0. The largest absolute Gasteiger partial charge is 0.481 e. The van der Waals surface area contributed by atoms with Crippen molar-refractivity contribution in [3.63, 3.8) is 0 Å². The molecule has 4 N–H and O–H groups in total. The molecule has 1 aromatic carbocycles. The molecule has 0 radical (unpaired) electrons. The number of imide groups is 1. The van der Waals surface area contributed by atoms with Crippen LogP contribution >= 0.6 is 0 Å². The van der Waals surface area contributed by atoms with Crippen LogP contribution in [0.4, 0.5) is 10.5 Å². The minimum atomic E-state index is -0.789. The third kappa shape index (κ3) is 3.38. The normalized spacial score (nSPS) is 11.5. The van der Waals surface area contributed by atoms with Crippen molar-refractivity contribution < 1.29 is 14.3 Å². The Balaban J connectivity index is 2.69. The van der Waals surface area contributed by atoms with Gasteiger partial charge in [-0.05, 0) is 26.0 Å². The fourth-order valence-corrected chi connectivity index (χ4v) is 1.28. The standard InChI is InChI=1S/C12H17N3O3/c1-7-9(13)5-4-6-10(7)18-8(2)11(16)15-12(17)14-3/h4-6,8H,13H2,1-3H3,(H2,14,15,16,17). The van der Waals surface area contributed by atoms with Gasteiger partial charge < -0.3 is 15.8 Å². The van der Waals surface area contributed by atoms with Crippen molar-refractivity contribution in [3.8, 4) is 5.75 Å². The second-order valence-electron chi connectivity index (χ2n) is 3.80. The lowest BCUT2D eigenvalue weighted by atomic mass is 10.2.